The zero-order valence-electron chi connectivity index (χ0n) is 31.1. The van der Waals surface area contributed by atoms with Crippen molar-refractivity contribution in [2.24, 2.45) is 0 Å². The van der Waals surface area contributed by atoms with E-state index >= 15 is 0 Å². The zero-order valence-corrected chi connectivity index (χ0v) is 31.1. The molecule has 0 spiro atoms. The summed E-state index contributed by atoms with van der Waals surface area (Å²) in [4.78, 5) is 5.26. The van der Waals surface area contributed by atoms with Gasteiger partial charge in [-0.15, -0.1) is 6.42 Å². The quantitative estimate of drug-likeness (QED) is 0.125. The number of fused-ring (bicyclic) bond motifs is 8. The van der Waals surface area contributed by atoms with Gasteiger partial charge < -0.3 is 0 Å². The minimum atomic E-state index is 0.993. The van der Waals surface area contributed by atoms with Gasteiger partial charge in [0.1, 0.15) is 0 Å². The van der Waals surface area contributed by atoms with E-state index in [1.807, 2.05) is 0 Å². The molecular formula is C53H41N. The normalized spacial score (nSPS) is 12.5. The van der Waals surface area contributed by atoms with Crippen LogP contribution in [-0.4, -0.2) is 4.98 Å². The van der Waals surface area contributed by atoms with E-state index in [0.29, 0.717) is 0 Å². The lowest BCUT2D eigenvalue weighted by atomic mass is 9.82. The highest BCUT2D eigenvalue weighted by atomic mass is 14.7. The summed E-state index contributed by atoms with van der Waals surface area (Å²) in [5.41, 5.74) is 18.5. The summed E-state index contributed by atoms with van der Waals surface area (Å²) in [6.07, 6.45) is 17.0. The average Bonchev–Trinajstić information content (AvgIpc) is 3.22. The first-order chi connectivity index (χ1) is 26.5. The van der Waals surface area contributed by atoms with Gasteiger partial charge in [0.15, 0.2) is 0 Å². The lowest BCUT2D eigenvalue weighted by Crippen LogP contribution is -2.08. The average molecular weight is 692 g/mol. The Morgan fingerprint density at radius 2 is 1.31 bits per heavy atom. The number of nitrogens with zero attached hydrogens (tertiary/aromatic N) is 1. The molecule has 1 aromatic heterocycles. The fraction of sp³-hybridized carbons (Fsp3) is 0.113. The summed E-state index contributed by atoms with van der Waals surface area (Å²) in [5, 5.41) is 6.20. The fourth-order valence-corrected chi connectivity index (χ4v) is 8.49. The fourth-order valence-electron chi connectivity index (χ4n) is 8.49. The predicted octanol–water partition coefficient (Wildman–Crippen LogP) is 14.0. The third-order valence-corrected chi connectivity index (χ3v) is 11.4. The number of aromatic nitrogens is 1. The Kier molecular flexibility index (Phi) is 8.53. The van der Waals surface area contributed by atoms with E-state index in [9.17, 15) is 0 Å². The number of hydrogen-bond donors (Lipinski definition) is 0. The standard InChI is InChI=1S/C53H41N/c1-5-7-13-39-33-50(44(15-8-6-2)35(4)34(39)3)43-27-29-46-42(32-43)24-23-41-31-40(26-28-45(41)46)36-19-21-38(22-20-36)53-49-30-25-37-14-9-10-16-47(37)52(49)48-17-11-12-18-51(48)54-53/h2,7-24,26-29,31-33H,5,25,30H2,1,3-4H3/b13-7-,15-8-. The topological polar surface area (TPSA) is 12.9 Å². The molecule has 1 aliphatic rings. The third-order valence-electron chi connectivity index (χ3n) is 11.4. The molecule has 0 atom stereocenters. The van der Waals surface area contributed by atoms with Gasteiger partial charge in [-0.1, -0.05) is 128 Å². The molecule has 258 valence electrons. The first kappa shape index (κ1) is 33.4. The molecule has 54 heavy (non-hydrogen) atoms. The number of rotatable bonds is 6. The van der Waals surface area contributed by atoms with Crippen molar-refractivity contribution in [2.75, 3.05) is 0 Å². The van der Waals surface area contributed by atoms with Crippen LogP contribution in [0.5, 0.6) is 0 Å². The molecule has 1 heterocycles. The van der Waals surface area contributed by atoms with Gasteiger partial charge in [-0.25, -0.2) is 4.98 Å². The third kappa shape index (κ3) is 5.72. The minimum Gasteiger partial charge on any atom is -0.247 e. The Morgan fingerprint density at radius 1 is 0.630 bits per heavy atom. The number of terminal acetylenes is 1. The number of hydrogen-bond acceptors (Lipinski definition) is 1. The second-order valence-electron chi connectivity index (χ2n) is 14.5. The van der Waals surface area contributed by atoms with Crippen LogP contribution in [0.15, 0.2) is 140 Å². The van der Waals surface area contributed by atoms with Gasteiger partial charge in [-0.3, -0.25) is 0 Å². The van der Waals surface area contributed by atoms with Crippen molar-refractivity contribution in [3.05, 3.63) is 173 Å². The highest BCUT2D eigenvalue weighted by molar-refractivity contribution is 6.09. The molecule has 7 aromatic carbocycles. The predicted molar refractivity (Wildman–Crippen MR) is 233 cm³/mol. The minimum absolute atomic E-state index is 0.993. The van der Waals surface area contributed by atoms with E-state index in [-0.39, 0.29) is 0 Å². The molecule has 8 aromatic rings. The van der Waals surface area contributed by atoms with Crippen LogP contribution < -0.4 is 0 Å². The molecule has 1 heteroatoms. The van der Waals surface area contributed by atoms with Crippen LogP contribution in [0.3, 0.4) is 0 Å². The number of para-hydroxylation sites is 1. The summed E-state index contributed by atoms with van der Waals surface area (Å²) in [6.45, 7) is 6.57. The molecule has 1 aliphatic carbocycles. The molecule has 0 aliphatic heterocycles. The summed E-state index contributed by atoms with van der Waals surface area (Å²) in [5.74, 6) is 2.69. The molecule has 0 unspecified atom stereocenters. The second kappa shape index (κ2) is 13.8. The van der Waals surface area contributed by atoms with Crippen molar-refractivity contribution in [2.45, 2.75) is 40.0 Å². The van der Waals surface area contributed by atoms with Crippen molar-refractivity contribution >= 4 is 44.6 Å². The van der Waals surface area contributed by atoms with E-state index in [1.165, 1.54) is 93.7 Å². The van der Waals surface area contributed by atoms with Crippen molar-refractivity contribution < 1.29 is 0 Å². The van der Waals surface area contributed by atoms with Gasteiger partial charge in [0.25, 0.3) is 0 Å². The SMILES string of the molecule is C#C/C=C\c1c(-c2ccc3c(ccc4cc(-c5ccc(-c6nc7ccccc7c7c6CCc6ccccc6-7)cc5)ccc43)c2)cc(/C=C\CC)c(C)c1C. The molecule has 0 fully saturated rings. The van der Waals surface area contributed by atoms with Crippen LogP contribution in [0.4, 0.5) is 0 Å². The number of allylic oxidation sites excluding steroid dienone is 2. The Bertz CT molecular complexity index is 2880. The maximum atomic E-state index is 5.66. The molecule has 0 amide bonds. The first-order valence-electron chi connectivity index (χ1n) is 19.0. The van der Waals surface area contributed by atoms with E-state index in [2.05, 4.69) is 172 Å². The highest BCUT2D eigenvalue weighted by Crippen LogP contribution is 2.43. The number of pyridine rings is 1. The van der Waals surface area contributed by atoms with Crippen molar-refractivity contribution in [3.63, 3.8) is 0 Å². The molecule has 1 nitrogen and oxygen atoms in total. The maximum absolute atomic E-state index is 5.66. The summed E-state index contributed by atoms with van der Waals surface area (Å²) >= 11 is 0. The summed E-state index contributed by atoms with van der Waals surface area (Å²) in [6, 6.07) is 47.0. The van der Waals surface area contributed by atoms with Crippen molar-refractivity contribution in [3.8, 4) is 57.0 Å². The van der Waals surface area contributed by atoms with Gasteiger partial charge in [0, 0.05) is 10.9 Å². The lowest BCUT2D eigenvalue weighted by Gasteiger charge is -2.24. The van der Waals surface area contributed by atoms with Crippen LogP contribution in [0.2, 0.25) is 0 Å². The van der Waals surface area contributed by atoms with Crippen molar-refractivity contribution in [1.82, 2.24) is 4.98 Å². The van der Waals surface area contributed by atoms with E-state index in [1.54, 1.807) is 6.08 Å². The Morgan fingerprint density at radius 3 is 2.09 bits per heavy atom. The molecule has 0 saturated heterocycles. The van der Waals surface area contributed by atoms with Crippen LogP contribution in [0.25, 0.3) is 89.2 Å². The summed E-state index contributed by atoms with van der Waals surface area (Å²) < 4.78 is 0. The number of aryl methyl sites for hydroxylation is 1. The molecule has 0 bridgehead atoms. The lowest BCUT2D eigenvalue weighted by molar-refractivity contribution is 0.940. The highest BCUT2D eigenvalue weighted by Gasteiger charge is 2.23. The van der Waals surface area contributed by atoms with Gasteiger partial charge in [-0.2, -0.15) is 0 Å². The largest absolute Gasteiger partial charge is 0.247 e. The smallest absolute Gasteiger partial charge is 0.0748 e. The van der Waals surface area contributed by atoms with Crippen LogP contribution in [-0.2, 0) is 12.8 Å². The van der Waals surface area contributed by atoms with Gasteiger partial charge >= 0.3 is 0 Å². The second-order valence-corrected chi connectivity index (χ2v) is 14.5. The summed E-state index contributed by atoms with van der Waals surface area (Å²) in [7, 11) is 0. The molecule has 9 rings (SSSR count). The number of benzene rings is 7. The van der Waals surface area contributed by atoms with E-state index < -0.39 is 0 Å². The monoisotopic (exact) mass is 691 g/mol. The van der Waals surface area contributed by atoms with Crippen molar-refractivity contribution in [1.29, 1.82) is 0 Å². The Hall–Kier alpha value is -6.49. The molecule has 0 N–H and O–H groups in total. The van der Waals surface area contributed by atoms with Gasteiger partial charge in [0.2, 0.25) is 0 Å². The molecular weight excluding hydrogens is 651 g/mol. The van der Waals surface area contributed by atoms with Gasteiger partial charge in [-0.05, 0) is 158 Å². The Balaban J connectivity index is 1.07. The van der Waals surface area contributed by atoms with E-state index in [4.69, 9.17) is 11.4 Å². The van der Waals surface area contributed by atoms with E-state index in [0.717, 1.165) is 36.0 Å². The van der Waals surface area contributed by atoms with Crippen LogP contribution in [0, 0.1) is 26.2 Å². The van der Waals surface area contributed by atoms with Crippen LogP contribution >= 0.6 is 0 Å². The van der Waals surface area contributed by atoms with Gasteiger partial charge in [0.05, 0.1) is 11.2 Å². The maximum Gasteiger partial charge on any atom is 0.0748 e. The van der Waals surface area contributed by atoms with Crippen LogP contribution in [0.1, 0.15) is 46.7 Å². The molecule has 0 radical (unpaired) electrons. The zero-order chi connectivity index (χ0) is 36.8. The first-order valence-corrected chi connectivity index (χ1v) is 19.0. The Labute approximate surface area is 318 Å². The molecule has 0 saturated carbocycles.